The second kappa shape index (κ2) is 11.3. The Bertz CT molecular complexity index is 1670. The van der Waals surface area contributed by atoms with Gasteiger partial charge in [0.05, 0.1) is 18.2 Å². The minimum atomic E-state index is -4.64. The van der Waals surface area contributed by atoms with Crippen LogP contribution in [0, 0.1) is 5.82 Å². The van der Waals surface area contributed by atoms with Crippen molar-refractivity contribution in [3.8, 4) is 17.0 Å². The molecule has 3 N–H and O–H groups in total. The summed E-state index contributed by atoms with van der Waals surface area (Å²) in [4.78, 5) is 39.7. The SMILES string of the molecule is CCC(=O)N1CCCC(c2nc(-c3c(F)cc(C(=O)Nc4cc(C(F)(F)F)ccn4)cc3OC)c3c(N)nccn23)C1. The van der Waals surface area contributed by atoms with E-state index >= 15 is 4.39 Å². The van der Waals surface area contributed by atoms with Crippen LogP contribution >= 0.6 is 0 Å². The van der Waals surface area contributed by atoms with Crippen molar-refractivity contribution in [3.05, 3.63) is 65.6 Å². The van der Waals surface area contributed by atoms with Crippen LogP contribution in [0.4, 0.5) is 29.2 Å². The molecule has 1 aromatic carbocycles. The molecule has 0 saturated carbocycles. The summed E-state index contributed by atoms with van der Waals surface area (Å²) in [6.07, 6.45) is 1.32. The molecular weight excluding hydrogens is 558 g/mol. The highest BCUT2D eigenvalue weighted by Crippen LogP contribution is 2.40. The molecule has 42 heavy (non-hydrogen) atoms. The number of rotatable bonds is 6. The average Bonchev–Trinajstić information content (AvgIpc) is 3.36. The normalized spacial score (nSPS) is 15.6. The predicted molar refractivity (Wildman–Crippen MR) is 145 cm³/mol. The molecule has 1 fully saturated rings. The Morgan fingerprint density at radius 1 is 1.19 bits per heavy atom. The van der Waals surface area contributed by atoms with Gasteiger partial charge >= 0.3 is 6.18 Å². The number of hydrogen-bond donors (Lipinski definition) is 2. The molecule has 220 valence electrons. The molecule has 0 radical (unpaired) electrons. The molecule has 1 aliphatic rings. The van der Waals surface area contributed by atoms with Gasteiger partial charge in [-0.25, -0.2) is 19.3 Å². The first-order valence-electron chi connectivity index (χ1n) is 13.1. The molecule has 1 atom stereocenters. The molecule has 4 heterocycles. The summed E-state index contributed by atoms with van der Waals surface area (Å²) in [5.41, 5.74) is 5.40. The number of imidazole rings is 1. The number of ether oxygens (including phenoxy) is 1. The number of alkyl halides is 3. The molecule has 1 aliphatic heterocycles. The lowest BCUT2D eigenvalue weighted by molar-refractivity contribution is -0.137. The highest BCUT2D eigenvalue weighted by atomic mass is 19.4. The average molecular weight is 586 g/mol. The van der Waals surface area contributed by atoms with Gasteiger partial charge in [0.15, 0.2) is 0 Å². The summed E-state index contributed by atoms with van der Waals surface area (Å²) >= 11 is 0. The largest absolute Gasteiger partial charge is 0.496 e. The summed E-state index contributed by atoms with van der Waals surface area (Å²) in [5.74, 6) is -1.66. The standard InChI is InChI=1S/C28H27F4N7O3/c1-3-21(40)38-9-4-5-15(14-38)26-37-23(24-25(33)35-8-10-39(24)26)22-18(29)11-16(12-19(22)42-2)27(41)36-20-13-17(6-7-34-20)28(30,31)32/h6-8,10-13,15H,3-5,9,14H2,1-2H3,(H2,33,35)(H,34,36,41). The monoisotopic (exact) mass is 585 g/mol. The third kappa shape index (κ3) is 5.43. The number of aromatic nitrogens is 4. The van der Waals surface area contributed by atoms with Gasteiger partial charge in [0.2, 0.25) is 5.91 Å². The lowest BCUT2D eigenvalue weighted by Gasteiger charge is -2.32. The van der Waals surface area contributed by atoms with Crippen LogP contribution in [0.5, 0.6) is 5.75 Å². The van der Waals surface area contributed by atoms with Crippen molar-refractivity contribution < 1.29 is 31.9 Å². The fraction of sp³-hybridized carbons (Fsp3) is 0.321. The summed E-state index contributed by atoms with van der Waals surface area (Å²) in [5, 5.41) is 2.26. The van der Waals surface area contributed by atoms with E-state index in [0.717, 1.165) is 31.2 Å². The Morgan fingerprint density at radius 2 is 1.98 bits per heavy atom. The molecular formula is C28H27F4N7O3. The number of likely N-dealkylation sites (tertiary alicyclic amines) is 1. The van der Waals surface area contributed by atoms with E-state index < -0.39 is 23.5 Å². The quantitative estimate of drug-likeness (QED) is 0.308. The van der Waals surface area contributed by atoms with E-state index in [4.69, 9.17) is 15.5 Å². The molecule has 10 nitrogen and oxygen atoms in total. The number of methoxy groups -OCH3 is 1. The maximum atomic E-state index is 15.8. The van der Waals surface area contributed by atoms with E-state index in [-0.39, 0.29) is 46.0 Å². The van der Waals surface area contributed by atoms with E-state index in [1.165, 1.54) is 19.4 Å². The molecule has 1 saturated heterocycles. The molecule has 0 bridgehead atoms. The molecule has 4 aromatic rings. The molecule has 5 rings (SSSR count). The number of nitrogens with one attached hydrogen (secondary N) is 1. The number of pyridine rings is 1. The van der Waals surface area contributed by atoms with Crippen molar-refractivity contribution in [1.29, 1.82) is 0 Å². The van der Waals surface area contributed by atoms with Crippen LogP contribution in [0.15, 0.2) is 42.9 Å². The Morgan fingerprint density at radius 3 is 2.69 bits per heavy atom. The van der Waals surface area contributed by atoms with Gasteiger partial charge in [-0.3, -0.25) is 14.0 Å². The summed E-state index contributed by atoms with van der Waals surface area (Å²) < 4.78 is 62.2. The number of carbonyl (C=O) groups is 2. The van der Waals surface area contributed by atoms with Crippen molar-refractivity contribution in [2.24, 2.45) is 0 Å². The number of anilines is 2. The number of fused-ring (bicyclic) bond motifs is 1. The number of amides is 2. The fourth-order valence-electron chi connectivity index (χ4n) is 5.15. The second-order valence-corrected chi connectivity index (χ2v) is 9.80. The third-order valence-corrected chi connectivity index (χ3v) is 7.15. The van der Waals surface area contributed by atoms with Gasteiger partial charge in [-0.05, 0) is 37.1 Å². The van der Waals surface area contributed by atoms with Gasteiger partial charge in [0, 0.05) is 49.6 Å². The lowest BCUT2D eigenvalue weighted by atomic mass is 9.97. The summed E-state index contributed by atoms with van der Waals surface area (Å²) in [6.45, 7) is 2.89. The molecule has 3 aromatic heterocycles. The van der Waals surface area contributed by atoms with Crippen molar-refractivity contribution in [1.82, 2.24) is 24.3 Å². The van der Waals surface area contributed by atoms with Crippen LogP contribution in [-0.4, -0.2) is 56.3 Å². The fourth-order valence-corrected chi connectivity index (χ4v) is 5.15. The topological polar surface area (TPSA) is 128 Å². The van der Waals surface area contributed by atoms with Crippen molar-refractivity contribution >= 4 is 29.0 Å². The van der Waals surface area contributed by atoms with Gasteiger partial charge in [0.1, 0.15) is 40.2 Å². The number of hydrogen-bond acceptors (Lipinski definition) is 7. The zero-order valence-corrected chi connectivity index (χ0v) is 22.7. The number of piperidine rings is 1. The minimum Gasteiger partial charge on any atom is -0.496 e. The first kappa shape index (κ1) is 28.8. The number of nitrogen functional groups attached to an aromatic ring is 1. The number of nitrogens with two attached hydrogens (primary N) is 1. The van der Waals surface area contributed by atoms with Crippen LogP contribution in [0.1, 0.15) is 53.8 Å². The van der Waals surface area contributed by atoms with Crippen LogP contribution in [0.3, 0.4) is 0 Å². The Labute approximate surface area is 237 Å². The number of nitrogens with zero attached hydrogens (tertiary/aromatic N) is 5. The Hall–Kier alpha value is -4.75. The molecule has 1 unspecified atom stereocenters. The van der Waals surface area contributed by atoms with Crippen LogP contribution in [0.25, 0.3) is 16.8 Å². The van der Waals surface area contributed by atoms with Crippen molar-refractivity contribution in [2.75, 3.05) is 31.2 Å². The maximum Gasteiger partial charge on any atom is 0.416 e. The molecule has 14 heteroatoms. The zero-order valence-electron chi connectivity index (χ0n) is 22.7. The smallest absolute Gasteiger partial charge is 0.416 e. The van der Waals surface area contributed by atoms with E-state index in [2.05, 4.69) is 15.3 Å². The zero-order chi connectivity index (χ0) is 30.2. The molecule has 0 aliphatic carbocycles. The first-order valence-corrected chi connectivity index (χ1v) is 13.1. The van der Waals surface area contributed by atoms with Gasteiger partial charge in [0.25, 0.3) is 5.91 Å². The van der Waals surface area contributed by atoms with Crippen LogP contribution in [-0.2, 0) is 11.0 Å². The maximum absolute atomic E-state index is 15.8. The second-order valence-electron chi connectivity index (χ2n) is 9.80. The Kier molecular flexibility index (Phi) is 7.71. The predicted octanol–water partition coefficient (Wildman–Crippen LogP) is 4.91. The number of carbonyl (C=O) groups excluding carboxylic acids is 2. The number of halogens is 4. The molecule has 0 spiro atoms. The van der Waals surface area contributed by atoms with Crippen LogP contribution < -0.4 is 15.8 Å². The highest BCUT2D eigenvalue weighted by Gasteiger charge is 2.32. The van der Waals surface area contributed by atoms with Gasteiger partial charge in [-0.15, -0.1) is 0 Å². The van der Waals surface area contributed by atoms with E-state index in [0.29, 0.717) is 36.9 Å². The minimum absolute atomic E-state index is 0.0314. The summed E-state index contributed by atoms with van der Waals surface area (Å²) in [6, 6.07) is 3.63. The third-order valence-electron chi connectivity index (χ3n) is 7.15. The van der Waals surface area contributed by atoms with Gasteiger partial charge in [-0.1, -0.05) is 6.92 Å². The molecule has 2 amide bonds. The summed E-state index contributed by atoms with van der Waals surface area (Å²) in [7, 11) is 1.28. The number of benzene rings is 1. The van der Waals surface area contributed by atoms with Crippen molar-refractivity contribution in [2.45, 2.75) is 38.3 Å². The Balaban J connectivity index is 1.54. The highest BCUT2D eigenvalue weighted by molar-refractivity contribution is 6.05. The first-order chi connectivity index (χ1) is 20.0. The van der Waals surface area contributed by atoms with E-state index in [9.17, 15) is 22.8 Å². The van der Waals surface area contributed by atoms with Gasteiger partial charge < -0.3 is 20.7 Å². The van der Waals surface area contributed by atoms with Gasteiger partial charge in [-0.2, -0.15) is 13.2 Å². The lowest BCUT2D eigenvalue weighted by Crippen LogP contribution is -2.39. The van der Waals surface area contributed by atoms with E-state index in [1.807, 2.05) is 0 Å². The van der Waals surface area contributed by atoms with E-state index in [1.54, 1.807) is 22.4 Å². The van der Waals surface area contributed by atoms with Crippen molar-refractivity contribution in [3.63, 3.8) is 0 Å². The van der Waals surface area contributed by atoms with Crippen LogP contribution in [0.2, 0.25) is 0 Å².